The Morgan fingerprint density at radius 3 is 2.24 bits per heavy atom. The van der Waals surface area contributed by atoms with Crippen molar-refractivity contribution in [3.63, 3.8) is 0 Å². The molecule has 1 saturated heterocycles. The van der Waals surface area contributed by atoms with Gasteiger partial charge in [-0.25, -0.2) is 0 Å². The number of morpholine rings is 1. The van der Waals surface area contributed by atoms with Crippen LogP contribution in [0.5, 0.6) is 0 Å². The number of furan rings is 1. The molecule has 0 radical (unpaired) electrons. The summed E-state index contributed by atoms with van der Waals surface area (Å²) >= 11 is 0. The lowest BCUT2D eigenvalue weighted by molar-refractivity contribution is -0.116. The molecule has 5 rings (SSSR count). The van der Waals surface area contributed by atoms with Crippen molar-refractivity contribution in [2.45, 2.75) is 6.42 Å². The Hall–Kier alpha value is -3.98. The Bertz CT molecular complexity index is 1240. The SMILES string of the molecule is O=C(CCN1C(=O)c2ccccc2C1=O)Nc1c(C(=O)N2CCOCC2)oc2ccccc12. The van der Waals surface area contributed by atoms with Crippen LogP contribution in [0.25, 0.3) is 11.0 Å². The van der Waals surface area contributed by atoms with Crippen molar-refractivity contribution in [1.29, 1.82) is 0 Å². The summed E-state index contributed by atoms with van der Waals surface area (Å²) in [6.45, 7) is 1.68. The second-order valence-corrected chi connectivity index (χ2v) is 7.81. The quantitative estimate of drug-likeness (QED) is 0.602. The van der Waals surface area contributed by atoms with E-state index in [-0.39, 0.29) is 30.3 Å². The zero-order valence-electron chi connectivity index (χ0n) is 17.7. The van der Waals surface area contributed by atoms with Crippen LogP contribution in [0.4, 0.5) is 5.69 Å². The van der Waals surface area contributed by atoms with Gasteiger partial charge in [-0.1, -0.05) is 24.3 Å². The van der Waals surface area contributed by atoms with Crippen LogP contribution in [-0.2, 0) is 9.53 Å². The van der Waals surface area contributed by atoms with Gasteiger partial charge in [0.25, 0.3) is 17.7 Å². The van der Waals surface area contributed by atoms with E-state index in [2.05, 4.69) is 5.32 Å². The van der Waals surface area contributed by atoms with Crippen LogP contribution < -0.4 is 5.32 Å². The molecule has 33 heavy (non-hydrogen) atoms. The molecule has 2 aliphatic heterocycles. The summed E-state index contributed by atoms with van der Waals surface area (Å²) in [5.74, 6) is -1.55. The summed E-state index contributed by atoms with van der Waals surface area (Å²) in [5.41, 5.74) is 1.43. The molecule has 168 valence electrons. The zero-order valence-corrected chi connectivity index (χ0v) is 17.7. The number of carbonyl (C=O) groups is 4. The number of ether oxygens (including phenoxy) is 1. The van der Waals surface area contributed by atoms with E-state index in [0.29, 0.717) is 48.4 Å². The highest BCUT2D eigenvalue weighted by Gasteiger charge is 2.35. The van der Waals surface area contributed by atoms with Crippen LogP contribution in [0.3, 0.4) is 0 Å². The Morgan fingerprint density at radius 2 is 1.55 bits per heavy atom. The van der Waals surface area contributed by atoms with Crippen LogP contribution in [0.1, 0.15) is 37.7 Å². The summed E-state index contributed by atoms with van der Waals surface area (Å²) in [6.07, 6.45) is -0.115. The van der Waals surface area contributed by atoms with Crippen LogP contribution >= 0.6 is 0 Å². The Morgan fingerprint density at radius 1 is 0.909 bits per heavy atom. The van der Waals surface area contributed by atoms with Gasteiger partial charge < -0.3 is 19.4 Å². The number of hydrogen-bond acceptors (Lipinski definition) is 6. The fourth-order valence-electron chi connectivity index (χ4n) is 4.09. The zero-order chi connectivity index (χ0) is 22.9. The third-order valence-electron chi connectivity index (χ3n) is 5.79. The fourth-order valence-corrected chi connectivity index (χ4v) is 4.09. The minimum atomic E-state index is -0.436. The first-order valence-corrected chi connectivity index (χ1v) is 10.7. The molecule has 0 bridgehead atoms. The van der Waals surface area contributed by atoms with Crippen LogP contribution in [0, 0.1) is 0 Å². The predicted molar refractivity (Wildman–Crippen MR) is 118 cm³/mol. The molecule has 2 aliphatic rings. The maximum atomic E-state index is 13.1. The number of fused-ring (bicyclic) bond motifs is 2. The van der Waals surface area contributed by atoms with E-state index < -0.39 is 17.7 Å². The highest BCUT2D eigenvalue weighted by atomic mass is 16.5. The van der Waals surface area contributed by atoms with Crippen molar-refractivity contribution in [1.82, 2.24) is 9.80 Å². The standard InChI is InChI=1S/C24H21N3O6/c28-19(9-10-27-22(29)15-5-1-2-6-16(15)23(27)30)25-20-17-7-3-4-8-18(17)33-21(20)24(31)26-11-13-32-14-12-26/h1-8H,9-14H2,(H,25,28). The molecular weight excluding hydrogens is 426 g/mol. The molecule has 4 amide bonds. The maximum Gasteiger partial charge on any atom is 0.291 e. The van der Waals surface area contributed by atoms with Gasteiger partial charge in [-0.3, -0.25) is 24.1 Å². The Kier molecular flexibility index (Phi) is 5.39. The molecule has 0 atom stereocenters. The molecule has 0 spiro atoms. The number of amides is 4. The van der Waals surface area contributed by atoms with Crippen molar-refractivity contribution in [2.24, 2.45) is 0 Å². The molecule has 1 aromatic heterocycles. The summed E-state index contributed by atoms with van der Waals surface area (Å²) in [4.78, 5) is 53.6. The van der Waals surface area contributed by atoms with Crippen LogP contribution in [0.15, 0.2) is 52.9 Å². The van der Waals surface area contributed by atoms with Crippen molar-refractivity contribution in [2.75, 3.05) is 38.2 Å². The van der Waals surface area contributed by atoms with Crippen LogP contribution in [-0.4, -0.2) is 66.3 Å². The number of nitrogens with one attached hydrogen (secondary N) is 1. The van der Waals surface area contributed by atoms with Gasteiger partial charge >= 0.3 is 0 Å². The average Bonchev–Trinajstić information content (AvgIpc) is 3.33. The molecule has 9 nitrogen and oxygen atoms in total. The van der Waals surface area contributed by atoms with Gasteiger partial charge in [-0.2, -0.15) is 0 Å². The smallest absolute Gasteiger partial charge is 0.291 e. The fraction of sp³-hybridized carbons (Fsp3) is 0.250. The van der Waals surface area contributed by atoms with E-state index in [9.17, 15) is 19.2 Å². The highest BCUT2D eigenvalue weighted by Crippen LogP contribution is 2.32. The van der Waals surface area contributed by atoms with E-state index in [1.54, 1.807) is 53.4 Å². The number of nitrogens with zero attached hydrogens (tertiary/aromatic N) is 2. The Labute approximate surface area is 188 Å². The summed E-state index contributed by atoms with van der Waals surface area (Å²) in [7, 11) is 0. The lowest BCUT2D eigenvalue weighted by Gasteiger charge is -2.26. The van der Waals surface area contributed by atoms with Gasteiger partial charge in [0.05, 0.1) is 24.3 Å². The second kappa shape index (κ2) is 8.51. The lowest BCUT2D eigenvalue weighted by atomic mass is 10.1. The largest absolute Gasteiger partial charge is 0.449 e. The number of rotatable bonds is 5. The highest BCUT2D eigenvalue weighted by molar-refractivity contribution is 6.21. The predicted octanol–water partition coefficient (Wildman–Crippen LogP) is 2.53. The molecule has 9 heteroatoms. The van der Waals surface area contributed by atoms with Gasteiger partial charge in [0.2, 0.25) is 11.7 Å². The molecule has 0 saturated carbocycles. The molecule has 3 heterocycles. The van der Waals surface area contributed by atoms with Crippen molar-refractivity contribution in [3.05, 3.63) is 65.4 Å². The normalized spacial score (nSPS) is 15.8. The molecule has 0 unspecified atom stereocenters. The molecular formula is C24H21N3O6. The number of carbonyl (C=O) groups excluding carboxylic acids is 4. The van der Waals surface area contributed by atoms with Gasteiger partial charge in [0, 0.05) is 31.4 Å². The summed E-state index contributed by atoms with van der Waals surface area (Å²) in [5, 5.41) is 3.37. The maximum absolute atomic E-state index is 13.1. The van der Waals surface area contributed by atoms with Crippen molar-refractivity contribution in [3.8, 4) is 0 Å². The topological polar surface area (TPSA) is 109 Å². The summed E-state index contributed by atoms with van der Waals surface area (Å²) < 4.78 is 11.1. The molecule has 3 aromatic rings. The lowest BCUT2D eigenvalue weighted by Crippen LogP contribution is -2.40. The number of para-hydroxylation sites is 1. The molecule has 2 aromatic carbocycles. The molecule has 1 fully saturated rings. The first kappa shape index (κ1) is 20.9. The van der Waals surface area contributed by atoms with E-state index in [1.807, 2.05) is 0 Å². The van der Waals surface area contributed by atoms with Crippen LogP contribution in [0.2, 0.25) is 0 Å². The summed E-state index contributed by atoms with van der Waals surface area (Å²) in [6, 6.07) is 13.6. The first-order valence-electron chi connectivity index (χ1n) is 10.7. The second-order valence-electron chi connectivity index (χ2n) is 7.81. The molecule has 1 N–H and O–H groups in total. The number of benzene rings is 2. The number of hydrogen-bond donors (Lipinski definition) is 1. The third kappa shape index (κ3) is 3.76. The van der Waals surface area contributed by atoms with Gasteiger partial charge in [0.1, 0.15) is 11.3 Å². The minimum absolute atomic E-state index is 0.0483. The molecule has 0 aliphatic carbocycles. The first-order chi connectivity index (χ1) is 16.0. The monoisotopic (exact) mass is 447 g/mol. The minimum Gasteiger partial charge on any atom is -0.449 e. The van der Waals surface area contributed by atoms with Crippen molar-refractivity contribution < 1.29 is 28.3 Å². The van der Waals surface area contributed by atoms with Crippen molar-refractivity contribution >= 4 is 40.3 Å². The van der Waals surface area contributed by atoms with E-state index in [0.717, 1.165) is 4.90 Å². The number of imide groups is 1. The van der Waals surface area contributed by atoms with E-state index >= 15 is 0 Å². The Balaban J connectivity index is 1.34. The van der Waals surface area contributed by atoms with Gasteiger partial charge in [-0.15, -0.1) is 0 Å². The third-order valence-corrected chi connectivity index (χ3v) is 5.79. The average molecular weight is 447 g/mol. The van der Waals surface area contributed by atoms with E-state index in [1.165, 1.54) is 0 Å². The van der Waals surface area contributed by atoms with Gasteiger partial charge in [0.15, 0.2) is 0 Å². The van der Waals surface area contributed by atoms with E-state index in [4.69, 9.17) is 9.15 Å². The number of anilines is 1. The van der Waals surface area contributed by atoms with Gasteiger partial charge in [-0.05, 0) is 24.3 Å².